The summed E-state index contributed by atoms with van der Waals surface area (Å²) in [5, 5.41) is 3.91. The zero-order valence-corrected chi connectivity index (χ0v) is 18.5. The largest absolute Gasteiger partial charge is 0.337 e. The van der Waals surface area contributed by atoms with Gasteiger partial charge in [-0.15, -0.1) is 0 Å². The molecule has 2 amide bonds. The number of benzene rings is 2. The molecule has 1 saturated heterocycles. The molecule has 0 bridgehead atoms. The van der Waals surface area contributed by atoms with Crippen LogP contribution >= 0.6 is 0 Å². The zero-order valence-electron chi connectivity index (χ0n) is 18.5. The highest BCUT2D eigenvalue weighted by atomic mass is 16.5. The quantitative estimate of drug-likeness (QED) is 0.568. The molecule has 3 aromatic rings. The van der Waals surface area contributed by atoms with Crippen LogP contribution in [0.25, 0.3) is 0 Å². The summed E-state index contributed by atoms with van der Waals surface area (Å²) in [7, 11) is 1.75. The molecule has 0 spiro atoms. The lowest BCUT2D eigenvalue weighted by Crippen LogP contribution is -2.48. The van der Waals surface area contributed by atoms with E-state index in [2.05, 4.69) is 10.1 Å². The molecule has 1 aliphatic rings. The number of aromatic nitrogens is 2. The molecule has 0 N–H and O–H groups in total. The number of hydrogen-bond donors (Lipinski definition) is 0. The van der Waals surface area contributed by atoms with E-state index in [1.807, 2.05) is 72.5 Å². The first-order valence-corrected chi connectivity index (χ1v) is 11.0. The molecule has 2 atom stereocenters. The molecular formula is C25H28N4O3. The molecule has 1 aromatic heterocycles. The van der Waals surface area contributed by atoms with Crippen molar-refractivity contribution in [1.82, 2.24) is 19.9 Å². The van der Waals surface area contributed by atoms with Crippen molar-refractivity contribution in [1.29, 1.82) is 0 Å². The second-order valence-electron chi connectivity index (χ2n) is 8.16. The Balaban J connectivity index is 1.61. The third-order valence-electron chi connectivity index (χ3n) is 5.94. The molecule has 2 heterocycles. The Morgan fingerprint density at radius 1 is 1.12 bits per heavy atom. The van der Waals surface area contributed by atoms with E-state index in [4.69, 9.17) is 4.52 Å². The lowest BCUT2D eigenvalue weighted by Gasteiger charge is -2.42. The normalized spacial score (nSPS) is 18.6. The van der Waals surface area contributed by atoms with E-state index in [1.54, 1.807) is 11.9 Å². The van der Waals surface area contributed by atoms with Crippen LogP contribution in [0.4, 0.5) is 0 Å². The van der Waals surface area contributed by atoms with E-state index in [0.29, 0.717) is 37.5 Å². The number of likely N-dealkylation sites (tertiary alicyclic amines) is 1. The van der Waals surface area contributed by atoms with Gasteiger partial charge in [-0.3, -0.25) is 9.59 Å². The molecular weight excluding hydrogens is 404 g/mol. The highest BCUT2D eigenvalue weighted by molar-refractivity contribution is 5.85. The van der Waals surface area contributed by atoms with Crippen molar-refractivity contribution in [2.45, 2.75) is 45.3 Å². The van der Waals surface area contributed by atoms with Gasteiger partial charge in [-0.05, 0) is 17.5 Å². The maximum Gasteiger partial charge on any atom is 0.246 e. The Hall–Kier alpha value is -3.48. The van der Waals surface area contributed by atoms with Crippen LogP contribution in [-0.2, 0) is 29.1 Å². The van der Waals surface area contributed by atoms with E-state index in [-0.39, 0.29) is 30.3 Å². The number of rotatable bonds is 7. The van der Waals surface area contributed by atoms with Crippen LogP contribution in [0.1, 0.15) is 48.6 Å². The van der Waals surface area contributed by atoms with Gasteiger partial charge in [-0.1, -0.05) is 72.7 Å². The van der Waals surface area contributed by atoms with Gasteiger partial charge in [0, 0.05) is 26.4 Å². The van der Waals surface area contributed by atoms with Crippen molar-refractivity contribution in [3.63, 3.8) is 0 Å². The predicted octanol–water partition coefficient (Wildman–Crippen LogP) is 3.77. The average Bonchev–Trinajstić information content (AvgIpc) is 3.28. The summed E-state index contributed by atoms with van der Waals surface area (Å²) in [5.74, 6) is 0.735. The van der Waals surface area contributed by atoms with Crippen LogP contribution in [0, 0.1) is 5.92 Å². The summed E-state index contributed by atoms with van der Waals surface area (Å²) in [4.78, 5) is 34.4. The van der Waals surface area contributed by atoms with Crippen molar-refractivity contribution in [2.24, 2.45) is 5.92 Å². The Labute approximate surface area is 188 Å². The number of aryl methyl sites for hydroxylation is 1. The van der Waals surface area contributed by atoms with Gasteiger partial charge in [0.15, 0.2) is 5.82 Å². The Kier molecular flexibility index (Phi) is 6.63. The number of carbonyl (C=O) groups excluding carboxylic acids is 2. The second-order valence-corrected chi connectivity index (χ2v) is 8.16. The first-order valence-electron chi connectivity index (χ1n) is 11.0. The van der Waals surface area contributed by atoms with Crippen LogP contribution < -0.4 is 0 Å². The van der Waals surface area contributed by atoms with E-state index in [1.165, 1.54) is 0 Å². The maximum atomic E-state index is 13.6. The van der Waals surface area contributed by atoms with Crippen molar-refractivity contribution in [3.8, 4) is 0 Å². The molecule has 1 fully saturated rings. The van der Waals surface area contributed by atoms with Gasteiger partial charge in [0.25, 0.3) is 0 Å². The van der Waals surface area contributed by atoms with Crippen molar-refractivity contribution in [3.05, 3.63) is 83.5 Å². The van der Waals surface area contributed by atoms with Crippen LogP contribution in [0.2, 0.25) is 0 Å². The molecule has 1 aliphatic heterocycles. The minimum atomic E-state index is -0.350. The number of carbonyl (C=O) groups is 2. The summed E-state index contributed by atoms with van der Waals surface area (Å²) >= 11 is 0. The van der Waals surface area contributed by atoms with Gasteiger partial charge in [0.05, 0.1) is 18.5 Å². The molecule has 0 aliphatic carbocycles. The van der Waals surface area contributed by atoms with Crippen molar-refractivity contribution >= 4 is 11.8 Å². The third kappa shape index (κ3) is 4.72. The summed E-state index contributed by atoms with van der Waals surface area (Å²) in [6, 6.07) is 19.4. The fourth-order valence-corrected chi connectivity index (χ4v) is 4.30. The number of hydrogen-bond acceptors (Lipinski definition) is 5. The number of nitrogens with zero attached hydrogens (tertiary/aromatic N) is 4. The fraction of sp³-hybridized carbons (Fsp3) is 0.360. The van der Waals surface area contributed by atoms with Crippen LogP contribution in [-0.4, -0.2) is 38.8 Å². The molecule has 2 unspecified atom stereocenters. The summed E-state index contributed by atoms with van der Waals surface area (Å²) < 4.78 is 5.27. The molecule has 4 rings (SSSR count). The third-order valence-corrected chi connectivity index (χ3v) is 5.94. The van der Waals surface area contributed by atoms with E-state index < -0.39 is 0 Å². The Bertz CT molecular complexity index is 1050. The zero-order chi connectivity index (χ0) is 22.5. The van der Waals surface area contributed by atoms with Gasteiger partial charge in [-0.25, -0.2) is 0 Å². The van der Waals surface area contributed by atoms with Crippen LogP contribution in [0.3, 0.4) is 0 Å². The van der Waals surface area contributed by atoms with Crippen LogP contribution in [0.15, 0.2) is 65.2 Å². The molecule has 166 valence electrons. The number of amides is 2. The van der Waals surface area contributed by atoms with Gasteiger partial charge in [0.1, 0.15) is 0 Å². The lowest BCUT2D eigenvalue weighted by molar-refractivity contribution is -0.148. The molecule has 7 heteroatoms. The first kappa shape index (κ1) is 21.7. The van der Waals surface area contributed by atoms with Gasteiger partial charge >= 0.3 is 0 Å². The minimum absolute atomic E-state index is 0.0272. The maximum absolute atomic E-state index is 13.6. The molecule has 32 heavy (non-hydrogen) atoms. The van der Waals surface area contributed by atoms with E-state index in [0.717, 1.165) is 11.1 Å². The lowest BCUT2D eigenvalue weighted by atomic mass is 9.83. The number of piperidine rings is 1. The summed E-state index contributed by atoms with van der Waals surface area (Å²) in [6.07, 6.45) is 1.54. The van der Waals surface area contributed by atoms with E-state index in [9.17, 15) is 9.59 Å². The van der Waals surface area contributed by atoms with Crippen molar-refractivity contribution < 1.29 is 14.1 Å². The average molecular weight is 433 g/mol. The topological polar surface area (TPSA) is 79.5 Å². The fourth-order valence-electron chi connectivity index (χ4n) is 4.30. The molecule has 7 nitrogen and oxygen atoms in total. The summed E-state index contributed by atoms with van der Waals surface area (Å²) in [5.41, 5.74) is 2.01. The smallest absolute Gasteiger partial charge is 0.246 e. The standard InChI is InChI=1S/C25H28N4O3/c1-3-21-26-22(32-27-21)17-28(2)25(31)20-14-15-23(30)29(16-18-10-6-4-7-11-18)24(20)19-12-8-5-9-13-19/h4-13,20,24H,3,14-17H2,1-2H3. The molecule has 0 radical (unpaired) electrons. The molecule has 2 aromatic carbocycles. The monoisotopic (exact) mass is 432 g/mol. The Morgan fingerprint density at radius 3 is 2.47 bits per heavy atom. The highest BCUT2D eigenvalue weighted by Crippen LogP contribution is 2.38. The van der Waals surface area contributed by atoms with Crippen molar-refractivity contribution in [2.75, 3.05) is 7.05 Å². The van der Waals surface area contributed by atoms with Gasteiger partial charge in [-0.2, -0.15) is 4.98 Å². The van der Waals surface area contributed by atoms with Gasteiger partial charge < -0.3 is 14.3 Å². The Morgan fingerprint density at radius 2 is 1.81 bits per heavy atom. The predicted molar refractivity (Wildman–Crippen MR) is 119 cm³/mol. The first-order chi connectivity index (χ1) is 15.6. The van der Waals surface area contributed by atoms with E-state index >= 15 is 0 Å². The van der Waals surface area contributed by atoms with Gasteiger partial charge in [0.2, 0.25) is 17.7 Å². The molecule has 0 saturated carbocycles. The van der Waals surface area contributed by atoms with Crippen LogP contribution in [0.5, 0.6) is 0 Å². The minimum Gasteiger partial charge on any atom is -0.337 e. The summed E-state index contributed by atoms with van der Waals surface area (Å²) in [6.45, 7) is 2.67. The second kappa shape index (κ2) is 9.77. The highest BCUT2D eigenvalue weighted by Gasteiger charge is 2.41. The SMILES string of the molecule is CCc1noc(CN(C)C(=O)C2CCC(=O)N(Cc3ccccc3)C2c2ccccc2)n1.